The molecule has 0 aromatic heterocycles. The van der Waals surface area contributed by atoms with E-state index in [4.69, 9.17) is 0 Å². The lowest BCUT2D eigenvalue weighted by Crippen LogP contribution is -2.55. The number of amides is 8. The Balaban J connectivity index is 1.14. The second-order valence-electron chi connectivity index (χ2n) is 20.1. The Hall–Kier alpha value is -7.08. The van der Waals surface area contributed by atoms with Gasteiger partial charge in [-0.25, -0.2) is 0 Å². The molecule has 0 unspecified atom stereocenters. The van der Waals surface area contributed by atoms with Gasteiger partial charge >= 0.3 is 24.2 Å². The second-order valence-corrected chi connectivity index (χ2v) is 20.1. The lowest BCUT2D eigenvalue weighted by Gasteiger charge is -2.33. The molecule has 2 aliphatic rings. The Morgan fingerprint density at radius 1 is 0.550 bits per heavy atom. The number of carbonyl (C=O) groups excluding carboxylic acids is 8. The molecule has 2 heterocycles. The third-order valence-corrected chi connectivity index (χ3v) is 14.5. The van der Waals surface area contributed by atoms with Gasteiger partial charge < -0.3 is 51.5 Å². The van der Waals surface area contributed by atoms with Gasteiger partial charge in [0.25, 0.3) is 11.8 Å². The van der Waals surface area contributed by atoms with E-state index in [1.165, 1.54) is 34.1 Å². The molecule has 2 aliphatic heterocycles. The summed E-state index contributed by atoms with van der Waals surface area (Å²) in [6.45, 7) is 2.54. The number of halogens is 6. The molecule has 6 atom stereocenters. The summed E-state index contributed by atoms with van der Waals surface area (Å²) in [5.41, 5.74) is 1.88. The van der Waals surface area contributed by atoms with Crippen molar-refractivity contribution in [1.29, 1.82) is 0 Å². The van der Waals surface area contributed by atoms with Crippen LogP contribution in [0.25, 0.3) is 0 Å². The summed E-state index contributed by atoms with van der Waals surface area (Å²) in [4.78, 5) is 110. The van der Waals surface area contributed by atoms with Gasteiger partial charge in [0.2, 0.25) is 23.6 Å². The van der Waals surface area contributed by atoms with Crippen LogP contribution in [0, 0.1) is 0 Å². The van der Waals surface area contributed by atoms with Crippen LogP contribution < -0.4 is 31.9 Å². The molecule has 3 aromatic carbocycles. The van der Waals surface area contributed by atoms with Gasteiger partial charge in [0.15, 0.2) is 0 Å². The second kappa shape index (κ2) is 30.5. The van der Waals surface area contributed by atoms with E-state index in [-0.39, 0.29) is 102 Å². The summed E-state index contributed by atoms with van der Waals surface area (Å²) >= 11 is 0. The van der Waals surface area contributed by atoms with Gasteiger partial charge in [0.05, 0.1) is 12.1 Å². The van der Waals surface area contributed by atoms with E-state index in [0.717, 1.165) is 20.9 Å². The van der Waals surface area contributed by atoms with E-state index >= 15 is 0 Å². The molecule has 0 radical (unpaired) electrons. The number of likely N-dealkylation sites (N-methyl/N-ethyl adjacent to an activating group) is 2. The van der Waals surface area contributed by atoms with Gasteiger partial charge in [-0.1, -0.05) is 60.7 Å². The highest BCUT2D eigenvalue weighted by molar-refractivity contribution is 5.98. The standard InChI is InChI=1S/C56H74F6N10O8/c1-37(63-3)47(73)67-45(51(77)71-31-13-19-43(71)35-69(53(79)55(57,58)59)33-27-39-15-7-5-8-16-39)21-11-29-65-49(75)41-23-25-42(26-24-41)50(76)66-30-12-22-46(68-48(74)38(2)64-4)52(78)72-32-14-20-44(72)36-70(54(80)56(60,61)62)34-28-40-17-9-6-10-18-40/h5-10,15-18,23-26,37-38,43-46,63-64H,11-14,19-22,27-36H2,1-4H3,(H,65,75)(H,66,76)(H,67,73)(H,68,74)/t37-,38+,43-,44-,45-,46-/m0/s1. The summed E-state index contributed by atoms with van der Waals surface area (Å²) in [6, 6.07) is 18.1. The summed E-state index contributed by atoms with van der Waals surface area (Å²) < 4.78 is 82.7. The molecule has 3 aromatic rings. The number of benzene rings is 3. The molecule has 2 fully saturated rings. The van der Waals surface area contributed by atoms with Crippen molar-refractivity contribution >= 4 is 47.3 Å². The lowest BCUT2D eigenvalue weighted by atomic mass is 10.1. The highest BCUT2D eigenvalue weighted by atomic mass is 19.4. The minimum Gasteiger partial charge on any atom is -0.352 e. The molecule has 438 valence electrons. The number of nitrogens with zero attached hydrogens (tertiary/aromatic N) is 4. The number of alkyl halides is 6. The Morgan fingerprint density at radius 2 is 0.900 bits per heavy atom. The number of rotatable bonds is 28. The molecule has 5 rings (SSSR count). The van der Waals surface area contributed by atoms with Crippen molar-refractivity contribution in [2.45, 2.75) is 127 Å². The van der Waals surface area contributed by atoms with Gasteiger partial charge in [0.1, 0.15) is 12.1 Å². The first-order valence-corrected chi connectivity index (χ1v) is 27.0. The molecule has 0 bridgehead atoms. The maximum atomic E-state index is 14.1. The van der Waals surface area contributed by atoms with Crippen LogP contribution in [0.3, 0.4) is 0 Å². The minimum absolute atomic E-state index is 0.0553. The van der Waals surface area contributed by atoms with Crippen LogP contribution in [0.2, 0.25) is 0 Å². The summed E-state index contributed by atoms with van der Waals surface area (Å²) in [5.74, 6) is -7.06. The Bertz CT molecular complexity index is 2370. The van der Waals surface area contributed by atoms with E-state index in [1.807, 2.05) is 0 Å². The molecule has 80 heavy (non-hydrogen) atoms. The van der Waals surface area contributed by atoms with E-state index in [9.17, 15) is 64.7 Å². The molecular weight excluding hydrogens is 1050 g/mol. The minimum atomic E-state index is -5.13. The molecule has 24 heteroatoms. The van der Waals surface area contributed by atoms with Crippen molar-refractivity contribution in [1.82, 2.24) is 51.5 Å². The van der Waals surface area contributed by atoms with Gasteiger partial charge in [-0.05, 0) is 128 Å². The number of nitrogens with one attached hydrogen (secondary N) is 6. The van der Waals surface area contributed by atoms with Crippen molar-refractivity contribution in [2.75, 3.05) is 66.5 Å². The Kier molecular flexibility index (Phi) is 24.3. The maximum Gasteiger partial charge on any atom is 0.471 e. The molecule has 6 N–H and O–H groups in total. The van der Waals surface area contributed by atoms with Crippen molar-refractivity contribution < 1.29 is 64.7 Å². The van der Waals surface area contributed by atoms with Crippen LogP contribution >= 0.6 is 0 Å². The fraction of sp³-hybridized carbons (Fsp3) is 0.536. The normalized spacial score (nSPS) is 16.9. The quantitative estimate of drug-likeness (QED) is 0.0451. The number of hydrogen-bond acceptors (Lipinski definition) is 10. The van der Waals surface area contributed by atoms with Gasteiger partial charge in [-0.15, -0.1) is 0 Å². The van der Waals surface area contributed by atoms with Crippen LogP contribution in [-0.2, 0) is 41.6 Å². The first kappa shape index (κ1) is 63.7. The van der Waals surface area contributed by atoms with Crippen LogP contribution in [-0.4, -0.2) is 182 Å². The monoisotopic (exact) mass is 1130 g/mol. The number of hydrogen-bond donors (Lipinski definition) is 6. The van der Waals surface area contributed by atoms with Gasteiger partial charge in [-0.3, -0.25) is 38.4 Å². The van der Waals surface area contributed by atoms with Crippen LogP contribution in [0.15, 0.2) is 84.9 Å². The SMILES string of the molecule is CN[C@@H](C)C(=O)N[C@@H](CCCNC(=O)c1ccc(C(=O)NCCC[C@H](NC(=O)[C@@H](C)NC)C(=O)N2CCC[C@H]2CN(CCc2ccccc2)C(=O)C(F)(F)F)cc1)C(=O)N1CCC[C@H]1CN(CCc1ccccc1)C(=O)C(F)(F)F. The molecular formula is C56H74F6N10O8. The highest BCUT2D eigenvalue weighted by Crippen LogP contribution is 2.27. The van der Waals surface area contributed by atoms with E-state index in [2.05, 4.69) is 31.9 Å². The largest absolute Gasteiger partial charge is 0.471 e. The maximum absolute atomic E-state index is 14.1. The van der Waals surface area contributed by atoms with Crippen LogP contribution in [0.5, 0.6) is 0 Å². The molecule has 0 saturated carbocycles. The van der Waals surface area contributed by atoms with E-state index in [1.54, 1.807) is 88.6 Å². The first-order chi connectivity index (χ1) is 38.0. The van der Waals surface area contributed by atoms with Gasteiger partial charge in [0, 0.05) is 75.6 Å². The van der Waals surface area contributed by atoms with Crippen LogP contribution in [0.4, 0.5) is 26.3 Å². The Morgan fingerprint density at radius 3 is 1.23 bits per heavy atom. The molecule has 2 saturated heterocycles. The topological polar surface area (TPSA) is 222 Å². The third kappa shape index (κ3) is 19.0. The predicted molar refractivity (Wildman–Crippen MR) is 286 cm³/mol. The van der Waals surface area contributed by atoms with E-state index < -0.39 is 95.9 Å². The molecule has 0 spiro atoms. The average Bonchev–Trinajstić information content (AvgIpc) is 4.13. The zero-order chi connectivity index (χ0) is 58.6. The molecule has 0 aliphatic carbocycles. The number of likely N-dealkylation sites (tertiary alicyclic amines) is 2. The van der Waals surface area contributed by atoms with Crippen molar-refractivity contribution in [3.05, 3.63) is 107 Å². The lowest BCUT2D eigenvalue weighted by molar-refractivity contribution is -0.186. The smallest absolute Gasteiger partial charge is 0.352 e. The van der Waals surface area contributed by atoms with E-state index in [0.29, 0.717) is 25.7 Å². The first-order valence-electron chi connectivity index (χ1n) is 27.0. The van der Waals surface area contributed by atoms with Crippen molar-refractivity contribution in [2.24, 2.45) is 0 Å². The van der Waals surface area contributed by atoms with Crippen molar-refractivity contribution in [3.63, 3.8) is 0 Å². The molecule has 18 nitrogen and oxygen atoms in total. The van der Waals surface area contributed by atoms with Crippen LogP contribution in [0.1, 0.15) is 97.1 Å². The molecule has 8 amide bonds. The third-order valence-electron chi connectivity index (χ3n) is 14.5. The summed E-state index contributed by atoms with van der Waals surface area (Å²) in [6.07, 6.45) is -7.79. The van der Waals surface area contributed by atoms with Gasteiger partial charge in [-0.2, -0.15) is 26.3 Å². The predicted octanol–water partition coefficient (Wildman–Crippen LogP) is 4.14. The fourth-order valence-electron chi connectivity index (χ4n) is 9.63. The Labute approximate surface area is 462 Å². The zero-order valence-corrected chi connectivity index (χ0v) is 45.6. The summed E-state index contributed by atoms with van der Waals surface area (Å²) in [5, 5.41) is 16.6. The zero-order valence-electron chi connectivity index (χ0n) is 45.6. The summed E-state index contributed by atoms with van der Waals surface area (Å²) in [7, 11) is 3.12. The van der Waals surface area contributed by atoms with Crippen molar-refractivity contribution in [3.8, 4) is 0 Å². The fourth-order valence-corrected chi connectivity index (χ4v) is 9.63. The average molecular weight is 1130 g/mol. The highest BCUT2D eigenvalue weighted by Gasteiger charge is 2.46. The number of carbonyl (C=O) groups is 8.